The lowest BCUT2D eigenvalue weighted by atomic mass is 9.82. The van der Waals surface area contributed by atoms with Crippen molar-refractivity contribution in [2.75, 3.05) is 7.11 Å². The molecule has 0 aromatic heterocycles. The highest BCUT2D eigenvalue weighted by Crippen LogP contribution is 2.48. The first-order chi connectivity index (χ1) is 11.0. The first kappa shape index (κ1) is 15.6. The minimum Gasteiger partial charge on any atom is -0.497 e. The number of benzene rings is 1. The van der Waals surface area contributed by atoms with Gasteiger partial charge in [0.15, 0.2) is 0 Å². The lowest BCUT2D eigenvalue weighted by Crippen LogP contribution is -2.41. The summed E-state index contributed by atoms with van der Waals surface area (Å²) in [4.78, 5) is 24.2. The Bertz CT molecular complexity index is 654. The van der Waals surface area contributed by atoms with Crippen LogP contribution in [-0.4, -0.2) is 24.1 Å². The molecule has 5 atom stereocenters. The Balaban J connectivity index is 1.73. The van der Waals surface area contributed by atoms with Crippen LogP contribution in [0.25, 0.3) is 0 Å². The molecule has 1 aromatic carbocycles. The Hall–Kier alpha value is -2.30. The molecule has 0 heterocycles. The molecule has 122 valence electrons. The summed E-state index contributed by atoms with van der Waals surface area (Å²) in [5.74, 6) is -1.38. The van der Waals surface area contributed by atoms with Crippen LogP contribution in [-0.2, 0) is 9.59 Å². The molecular weight excluding hydrogens is 294 g/mol. The fourth-order valence-electron chi connectivity index (χ4n) is 3.82. The summed E-state index contributed by atoms with van der Waals surface area (Å²) in [5, 5.41) is 12.4. The molecule has 1 amide bonds. The van der Waals surface area contributed by atoms with Crippen molar-refractivity contribution in [3.8, 4) is 5.75 Å². The number of fused-ring (bicyclic) bond motifs is 2. The summed E-state index contributed by atoms with van der Waals surface area (Å²) in [6, 6.07) is 7.31. The zero-order chi connectivity index (χ0) is 16.6. The molecule has 3 rings (SSSR count). The Morgan fingerprint density at radius 2 is 1.96 bits per heavy atom. The molecule has 5 nitrogen and oxygen atoms in total. The van der Waals surface area contributed by atoms with E-state index in [1.807, 2.05) is 43.3 Å². The fraction of sp³-hybridized carbons (Fsp3) is 0.444. The maximum absolute atomic E-state index is 12.6. The highest BCUT2D eigenvalue weighted by Gasteiger charge is 2.51. The molecule has 0 saturated heterocycles. The van der Waals surface area contributed by atoms with Gasteiger partial charge in [-0.15, -0.1) is 0 Å². The third kappa shape index (κ3) is 2.83. The molecule has 2 N–H and O–H groups in total. The molecule has 2 bridgehead atoms. The van der Waals surface area contributed by atoms with Crippen molar-refractivity contribution in [2.45, 2.75) is 19.4 Å². The summed E-state index contributed by atoms with van der Waals surface area (Å²) >= 11 is 0. The third-order valence-corrected chi connectivity index (χ3v) is 5.00. The van der Waals surface area contributed by atoms with Crippen molar-refractivity contribution in [1.29, 1.82) is 0 Å². The monoisotopic (exact) mass is 315 g/mol. The highest BCUT2D eigenvalue weighted by molar-refractivity contribution is 5.87. The van der Waals surface area contributed by atoms with E-state index in [1.165, 1.54) is 0 Å². The number of methoxy groups -OCH3 is 1. The van der Waals surface area contributed by atoms with E-state index in [-0.39, 0.29) is 23.8 Å². The zero-order valence-corrected chi connectivity index (χ0v) is 13.2. The molecule has 2 aliphatic rings. The van der Waals surface area contributed by atoms with E-state index in [0.29, 0.717) is 0 Å². The van der Waals surface area contributed by atoms with Crippen LogP contribution >= 0.6 is 0 Å². The van der Waals surface area contributed by atoms with Gasteiger partial charge in [-0.25, -0.2) is 0 Å². The first-order valence-corrected chi connectivity index (χ1v) is 7.86. The van der Waals surface area contributed by atoms with E-state index in [4.69, 9.17) is 4.74 Å². The molecule has 0 radical (unpaired) electrons. The molecule has 1 saturated carbocycles. The summed E-state index contributed by atoms with van der Waals surface area (Å²) in [6.07, 6.45) is 4.70. The number of carboxylic acids is 1. The van der Waals surface area contributed by atoms with Crippen LogP contribution in [0, 0.1) is 23.7 Å². The number of allylic oxidation sites excluding steroid dienone is 2. The summed E-state index contributed by atoms with van der Waals surface area (Å²) in [7, 11) is 1.60. The predicted octanol–water partition coefficient (Wildman–Crippen LogP) is 2.40. The van der Waals surface area contributed by atoms with Gasteiger partial charge in [-0.05, 0) is 42.9 Å². The summed E-state index contributed by atoms with van der Waals surface area (Å²) in [5.41, 5.74) is 0.934. The van der Waals surface area contributed by atoms with E-state index >= 15 is 0 Å². The van der Waals surface area contributed by atoms with Crippen LogP contribution < -0.4 is 10.1 Å². The number of hydrogen-bond acceptors (Lipinski definition) is 3. The van der Waals surface area contributed by atoms with Gasteiger partial charge in [0.25, 0.3) is 0 Å². The topological polar surface area (TPSA) is 75.6 Å². The van der Waals surface area contributed by atoms with Crippen LogP contribution in [0.4, 0.5) is 0 Å². The molecule has 5 heteroatoms. The van der Waals surface area contributed by atoms with Crippen molar-refractivity contribution in [1.82, 2.24) is 5.32 Å². The van der Waals surface area contributed by atoms with Crippen molar-refractivity contribution in [3.63, 3.8) is 0 Å². The number of amides is 1. The molecule has 0 spiro atoms. The zero-order valence-electron chi connectivity index (χ0n) is 13.2. The lowest BCUT2D eigenvalue weighted by molar-refractivity contribution is -0.148. The third-order valence-electron chi connectivity index (χ3n) is 5.00. The van der Waals surface area contributed by atoms with Crippen LogP contribution in [0.3, 0.4) is 0 Å². The lowest BCUT2D eigenvalue weighted by Gasteiger charge is -2.26. The number of aliphatic carboxylic acids is 1. The average molecular weight is 315 g/mol. The Morgan fingerprint density at radius 1 is 1.26 bits per heavy atom. The first-order valence-electron chi connectivity index (χ1n) is 7.86. The SMILES string of the molecule is COc1cccc([C@H](C)NC(=O)[C@@H]2[C@H](C(=O)O)[C@H]3C=C[C@H]2C3)c1. The van der Waals surface area contributed by atoms with E-state index in [2.05, 4.69) is 5.32 Å². The van der Waals surface area contributed by atoms with Gasteiger partial charge in [-0.3, -0.25) is 9.59 Å². The van der Waals surface area contributed by atoms with Gasteiger partial charge in [-0.2, -0.15) is 0 Å². The standard InChI is InChI=1S/C18H21NO4/c1-10(11-4-3-5-14(9-11)23-2)19-17(20)15-12-6-7-13(8-12)16(15)18(21)22/h3-7,9-10,12-13,15-16H,8H2,1-2H3,(H,19,20)(H,21,22)/t10-,12-,13-,15-,16+/m0/s1. The van der Waals surface area contributed by atoms with Gasteiger partial charge in [-0.1, -0.05) is 24.3 Å². The van der Waals surface area contributed by atoms with Crippen molar-refractivity contribution < 1.29 is 19.4 Å². The Morgan fingerprint density at radius 3 is 2.61 bits per heavy atom. The molecular formula is C18H21NO4. The number of hydrogen-bond donors (Lipinski definition) is 2. The minimum absolute atomic E-state index is 0.0135. The number of carbonyl (C=O) groups is 2. The number of nitrogens with one attached hydrogen (secondary N) is 1. The second kappa shape index (κ2) is 6.07. The quantitative estimate of drug-likeness (QED) is 0.818. The van der Waals surface area contributed by atoms with Gasteiger partial charge in [0.1, 0.15) is 5.75 Å². The Kier molecular flexibility index (Phi) is 4.11. The van der Waals surface area contributed by atoms with Crippen molar-refractivity contribution in [2.24, 2.45) is 23.7 Å². The Labute approximate surface area is 135 Å². The van der Waals surface area contributed by atoms with E-state index in [1.54, 1.807) is 7.11 Å². The van der Waals surface area contributed by atoms with E-state index in [9.17, 15) is 14.7 Å². The highest BCUT2D eigenvalue weighted by atomic mass is 16.5. The van der Waals surface area contributed by atoms with Crippen LogP contribution in [0.2, 0.25) is 0 Å². The number of carboxylic acid groups (broad SMARTS) is 1. The van der Waals surface area contributed by atoms with Crippen LogP contribution in [0.5, 0.6) is 5.75 Å². The fourth-order valence-corrected chi connectivity index (χ4v) is 3.82. The molecule has 0 aliphatic heterocycles. The normalized spacial score (nSPS) is 29.3. The number of ether oxygens (including phenoxy) is 1. The van der Waals surface area contributed by atoms with Gasteiger partial charge in [0.2, 0.25) is 5.91 Å². The number of carbonyl (C=O) groups excluding carboxylic acids is 1. The summed E-state index contributed by atoms with van der Waals surface area (Å²) in [6.45, 7) is 1.89. The molecule has 2 aliphatic carbocycles. The predicted molar refractivity (Wildman–Crippen MR) is 84.9 cm³/mol. The van der Waals surface area contributed by atoms with Gasteiger partial charge < -0.3 is 15.2 Å². The van der Waals surface area contributed by atoms with Crippen LogP contribution in [0.1, 0.15) is 24.9 Å². The van der Waals surface area contributed by atoms with Crippen molar-refractivity contribution in [3.05, 3.63) is 42.0 Å². The second-order valence-corrected chi connectivity index (χ2v) is 6.35. The van der Waals surface area contributed by atoms with Gasteiger partial charge in [0, 0.05) is 0 Å². The minimum atomic E-state index is -0.879. The average Bonchev–Trinajstić information content (AvgIpc) is 3.15. The largest absolute Gasteiger partial charge is 0.497 e. The maximum atomic E-state index is 12.6. The smallest absolute Gasteiger partial charge is 0.307 e. The van der Waals surface area contributed by atoms with Gasteiger partial charge >= 0.3 is 5.97 Å². The maximum Gasteiger partial charge on any atom is 0.307 e. The van der Waals surface area contributed by atoms with Gasteiger partial charge in [0.05, 0.1) is 25.0 Å². The van der Waals surface area contributed by atoms with Crippen LogP contribution in [0.15, 0.2) is 36.4 Å². The van der Waals surface area contributed by atoms with E-state index < -0.39 is 17.8 Å². The second-order valence-electron chi connectivity index (χ2n) is 6.35. The van der Waals surface area contributed by atoms with Crippen molar-refractivity contribution >= 4 is 11.9 Å². The molecule has 0 unspecified atom stereocenters. The molecule has 1 fully saturated rings. The molecule has 23 heavy (non-hydrogen) atoms. The number of rotatable bonds is 5. The molecule has 1 aromatic rings. The van der Waals surface area contributed by atoms with E-state index in [0.717, 1.165) is 17.7 Å². The summed E-state index contributed by atoms with van der Waals surface area (Å²) < 4.78 is 5.20.